The first kappa shape index (κ1) is 16.6. The number of rotatable bonds is 4. The predicted octanol–water partition coefficient (Wildman–Crippen LogP) is 3.10. The minimum Gasteiger partial charge on any atom is -0.341 e. The Bertz CT molecular complexity index is 779. The lowest BCUT2D eigenvalue weighted by molar-refractivity contribution is -0.385. The van der Waals surface area contributed by atoms with Crippen LogP contribution in [0.25, 0.3) is 0 Å². The second-order valence-electron chi connectivity index (χ2n) is 4.49. The van der Waals surface area contributed by atoms with Crippen LogP contribution in [0.1, 0.15) is 15.9 Å². The van der Waals surface area contributed by atoms with E-state index in [-0.39, 0.29) is 17.8 Å². The van der Waals surface area contributed by atoms with Crippen LogP contribution in [-0.4, -0.2) is 23.6 Å². The Balaban J connectivity index is 2.09. The van der Waals surface area contributed by atoms with Crippen molar-refractivity contribution in [3.8, 4) is 11.8 Å². The van der Waals surface area contributed by atoms with Crippen molar-refractivity contribution < 1.29 is 9.72 Å². The van der Waals surface area contributed by atoms with Crippen molar-refractivity contribution in [3.05, 3.63) is 69.8 Å². The molecule has 1 N–H and O–H groups in total. The van der Waals surface area contributed by atoms with E-state index in [1.54, 1.807) is 6.07 Å². The van der Waals surface area contributed by atoms with Crippen LogP contribution in [-0.2, 0) is 0 Å². The molecule has 6 heteroatoms. The van der Waals surface area contributed by atoms with Crippen molar-refractivity contribution in [2.24, 2.45) is 0 Å². The van der Waals surface area contributed by atoms with E-state index in [0.717, 1.165) is 10.5 Å². The average molecular weight is 326 g/mol. The first-order valence-electron chi connectivity index (χ1n) is 6.76. The van der Waals surface area contributed by atoms with Gasteiger partial charge in [-0.15, -0.1) is 11.8 Å². The second-order valence-corrected chi connectivity index (χ2v) is 5.37. The molecule has 0 aliphatic heterocycles. The van der Waals surface area contributed by atoms with Gasteiger partial charge in [-0.25, -0.2) is 0 Å². The van der Waals surface area contributed by atoms with Crippen molar-refractivity contribution in [2.45, 2.75) is 4.90 Å². The lowest BCUT2D eigenvalue weighted by Gasteiger charge is -2.04. The molecule has 0 radical (unpaired) electrons. The fraction of sp³-hybridized carbons (Fsp3) is 0.118. The molecule has 5 nitrogen and oxygen atoms in total. The van der Waals surface area contributed by atoms with Gasteiger partial charge in [-0.2, -0.15) is 0 Å². The van der Waals surface area contributed by atoms with Crippen molar-refractivity contribution >= 4 is 23.4 Å². The lowest BCUT2D eigenvalue weighted by Crippen LogP contribution is -2.24. The van der Waals surface area contributed by atoms with Gasteiger partial charge in [-0.1, -0.05) is 30.0 Å². The third kappa shape index (κ3) is 4.59. The highest BCUT2D eigenvalue weighted by Crippen LogP contribution is 2.24. The zero-order valence-electron chi connectivity index (χ0n) is 12.4. The molecule has 1 amide bonds. The number of carbonyl (C=O) groups is 1. The minimum atomic E-state index is -0.561. The molecule has 0 aliphatic rings. The van der Waals surface area contributed by atoms with E-state index in [9.17, 15) is 14.9 Å². The summed E-state index contributed by atoms with van der Waals surface area (Å²) in [4.78, 5) is 23.4. The number of carbonyl (C=O) groups excluding carboxylic acids is 1. The van der Waals surface area contributed by atoms with Gasteiger partial charge < -0.3 is 5.32 Å². The fourth-order valence-corrected chi connectivity index (χ4v) is 2.31. The van der Waals surface area contributed by atoms with Gasteiger partial charge in [0.25, 0.3) is 11.6 Å². The third-order valence-electron chi connectivity index (χ3n) is 2.99. The largest absolute Gasteiger partial charge is 0.341 e. The van der Waals surface area contributed by atoms with Gasteiger partial charge in [0.2, 0.25) is 0 Å². The Morgan fingerprint density at radius 1 is 1.26 bits per heavy atom. The topological polar surface area (TPSA) is 72.2 Å². The Morgan fingerprint density at radius 2 is 2.00 bits per heavy atom. The van der Waals surface area contributed by atoms with Crippen LogP contribution in [0.2, 0.25) is 0 Å². The fourth-order valence-electron chi connectivity index (χ4n) is 1.87. The van der Waals surface area contributed by atoms with E-state index >= 15 is 0 Å². The molecule has 0 aromatic heterocycles. The van der Waals surface area contributed by atoms with Crippen molar-refractivity contribution in [1.29, 1.82) is 0 Å². The molecule has 0 saturated carbocycles. The monoisotopic (exact) mass is 326 g/mol. The molecular weight excluding hydrogens is 312 g/mol. The maximum atomic E-state index is 12.2. The van der Waals surface area contributed by atoms with Gasteiger partial charge in [0, 0.05) is 16.5 Å². The summed E-state index contributed by atoms with van der Waals surface area (Å²) in [5.74, 6) is 5.23. The number of amides is 1. The van der Waals surface area contributed by atoms with E-state index in [4.69, 9.17) is 0 Å². The average Bonchev–Trinajstić information content (AvgIpc) is 2.58. The van der Waals surface area contributed by atoms with E-state index in [1.807, 2.05) is 36.6 Å². The standard InChI is InChI=1S/C17H14N2O3S/c1-23-14-9-10-16(19(21)22)15(12-14)17(20)18-11-5-8-13-6-3-2-4-7-13/h2-4,6-7,9-10,12H,11H2,1H3,(H,18,20). The van der Waals surface area contributed by atoms with Crippen LogP contribution in [0.5, 0.6) is 0 Å². The lowest BCUT2D eigenvalue weighted by atomic mass is 10.1. The summed E-state index contributed by atoms with van der Waals surface area (Å²) in [6.45, 7) is 0.119. The van der Waals surface area contributed by atoms with Crippen molar-refractivity contribution in [2.75, 3.05) is 12.8 Å². The number of nitrogens with zero attached hydrogens (tertiary/aromatic N) is 1. The van der Waals surface area contributed by atoms with Crippen molar-refractivity contribution in [1.82, 2.24) is 5.32 Å². The maximum absolute atomic E-state index is 12.2. The number of hydrogen-bond donors (Lipinski definition) is 1. The zero-order valence-corrected chi connectivity index (χ0v) is 13.2. The molecule has 0 unspecified atom stereocenters. The molecule has 0 fully saturated rings. The molecule has 23 heavy (non-hydrogen) atoms. The van der Waals surface area contributed by atoms with Crippen LogP contribution >= 0.6 is 11.8 Å². The summed E-state index contributed by atoms with van der Waals surface area (Å²) < 4.78 is 0. The summed E-state index contributed by atoms with van der Waals surface area (Å²) >= 11 is 1.42. The summed E-state index contributed by atoms with van der Waals surface area (Å²) in [6.07, 6.45) is 1.84. The van der Waals surface area contributed by atoms with Gasteiger partial charge in [0.05, 0.1) is 11.5 Å². The first-order valence-corrected chi connectivity index (χ1v) is 7.99. The summed E-state index contributed by atoms with van der Waals surface area (Å²) in [6, 6.07) is 13.8. The van der Waals surface area contributed by atoms with Crippen LogP contribution in [0.4, 0.5) is 5.69 Å². The van der Waals surface area contributed by atoms with Gasteiger partial charge in [0.1, 0.15) is 5.56 Å². The molecule has 0 aliphatic carbocycles. The number of benzene rings is 2. The van der Waals surface area contributed by atoms with E-state index in [2.05, 4.69) is 17.2 Å². The number of nitro groups is 1. The molecule has 0 heterocycles. The highest BCUT2D eigenvalue weighted by atomic mass is 32.2. The van der Waals surface area contributed by atoms with Crippen LogP contribution in [0, 0.1) is 22.0 Å². The number of nitro benzene ring substituents is 1. The first-order chi connectivity index (χ1) is 11.1. The van der Waals surface area contributed by atoms with Gasteiger partial charge in [0.15, 0.2) is 0 Å². The Morgan fingerprint density at radius 3 is 2.65 bits per heavy atom. The number of thioether (sulfide) groups is 1. The van der Waals surface area contributed by atoms with Gasteiger partial charge in [-0.3, -0.25) is 14.9 Å². The maximum Gasteiger partial charge on any atom is 0.282 e. The molecule has 0 atom stereocenters. The van der Waals surface area contributed by atoms with Crippen LogP contribution < -0.4 is 5.32 Å². The van der Waals surface area contributed by atoms with Crippen molar-refractivity contribution in [3.63, 3.8) is 0 Å². The van der Waals surface area contributed by atoms with E-state index in [0.29, 0.717) is 0 Å². The smallest absolute Gasteiger partial charge is 0.282 e. The summed E-state index contributed by atoms with van der Waals surface area (Å²) in [5, 5.41) is 13.6. The highest BCUT2D eigenvalue weighted by Gasteiger charge is 2.20. The van der Waals surface area contributed by atoms with Crippen LogP contribution in [0.15, 0.2) is 53.4 Å². The van der Waals surface area contributed by atoms with E-state index < -0.39 is 10.8 Å². The third-order valence-corrected chi connectivity index (χ3v) is 3.71. The zero-order chi connectivity index (χ0) is 16.7. The minimum absolute atomic E-state index is 0.0448. The predicted molar refractivity (Wildman–Crippen MR) is 90.5 cm³/mol. The SMILES string of the molecule is CSc1ccc([N+](=O)[O-])c(C(=O)NCC#Cc2ccccc2)c1. The van der Waals surface area contributed by atoms with Crippen LogP contribution in [0.3, 0.4) is 0 Å². The molecule has 2 rings (SSSR count). The molecule has 116 valence electrons. The molecule has 0 bridgehead atoms. The Hall–Kier alpha value is -2.78. The molecular formula is C17H14N2O3S. The number of hydrogen-bond acceptors (Lipinski definition) is 4. The van der Waals surface area contributed by atoms with Gasteiger partial charge >= 0.3 is 0 Å². The number of nitrogens with one attached hydrogen (secondary N) is 1. The summed E-state index contributed by atoms with van der Waals surface area (Å²) in [7, 11) is 0. The van der Waals surface area contributed by atoms with E-state index in [1.165, 1.54) is 23.9 Å². The summed E-state index contributed by atoms with van der Waals surface area (Å²) in [5.41, 5.74) is 0.678. The van der Waals surface area contributed by atoms with Gasteiger partial charge in [-0.05, 0) is 30.5 Å². The normalized spacial score (nSPS) is 9.61. The molecule has 2 aromatic carbocycles. The quantitative estimate of drug-likeness (QED) is 0.405. The molecule has 0 saturated heterocycles. The molecule has 2 aromatic rings. The molecule has 0 spiro atoms. The Labute approximate surface area is 138 Å². The second kappa shape index (κ2) is 8.01. The Kier molecular flexibility index (Phi) is 5.78. The highest BCUT2D eigenvalue weighted by molar-refractivity contribution is 7.98.